The fraction of sp³-hybridized carbons (Fsp3) is 0.500. The first-order chi connectivity index (χ1) is 19.1. The molecule has 0 radical (unpaired) electrons. The van der Waals surface area contributed by atoms with Gasteiger partial charge in [-0.15, -0.1) is 0 Å². The summed E-state index contributed by atoms with van der Waals surface area (Å²) in [6, 6.07) is 4.63. The first-order valence-corrected chi connectivity index (χ1v) is 13.3. The molecule has 1 aliphatic carbocycles. The zero-order valence-electron chi connectivity index (χ0n) is 22.5. The van der Waals surface area contributed by atoms with Gasteiger partial charge in [0.25, 0.3) is 0 Å². The van der Waals surface area contributed by atoms with E-state index in [1.54, 1.807) is 0 Å². The van der Waals surface area contributed by atoms with E-state index in [0.717, 1.165) is 44.1 Å². The van der Waals surface area contributed by atoms with Crippen molar-refractivity contribution in [3.8, 4) is 0 Å². The second-order valence-electron chi connectivity index (χ2n) is 10.6. The zero-order valence-corrected chi connectivity index (χ0v) is 22.5. The lowest BCUT2D eigenvalue weighted by atomic mass is 9.93. The molecule has 41 heavy (non-hydrogen) atoms. The van der Waals surface area contributed by atoms with E-state index in [-0.39, 0.29) is 31.2 Å². The number of carbonyl (C=O) groups is 2. The standard InChI is InChI=1S/C28H31F7N4O2/c1-37(22-13-18(27(30,31)32)12-19(14-22)28(33,34)35)26(41)38(2)24-16-39(25(40)36-21-6-4-3-5-7-21)15-23(24)17-8-10-20(29)11-9-17/h8-14,21,23-24H,3-7,15-16H2,1-2H3,(H,36,40)/t23-,24+/m0/s1. The highest BCUT2D eigenvalue weighted by molar-refractivity contribution is 5.92. The van der Waals surface area contributed by atoms with Gasteiger partial charge in [0, 0.05) is 44.8 Å². The maximum absolute atomic E-state index is 13.6. The Morgan fingerprint density at radius 3 is 1.95 bits per heavy atom. The Bertz CT molecular complexity index is 1210. The maximum atomic E-state index is 13.6. The molecule has 2 aliphatic rings. The Kier molecular flexibility index (Phi) is 8.74. The average Bonchev–Trinajstić information content (AvgIpc) is 3.37. The van der Waals surface area contributed by atoms with Gasteiger partial charge in [0.1, 0.15) is 5.82 Å². The third-order valence-corrected chi connectivity index (χ3v) is 7.85. The van der Waals surface area contributed by atoms with E-state index in [0.29, 0.717) is 17.7 Å². The topological polar surface area (TPSA) is 55.9 Å². The molecule has 6 nitrogen and oxygen atoms in total. The average molecular weight is 589 g/mol. The second kappa shape index (κ2) is 11.8. The predicted octanol–water partition coefficient (Wildman–Crippen LogP) is 6.86. The quantitative estimate of drug-likeness (QED) is 0.397. The largest absolute Gasteiger partial charge is 0.416 e. The zero-order chi connectivity index (χ0) is 30.1. The van der Waals surface area contributed by atoms with Crippen LogP contribution in [-0.2, 0) is 12.4 Å². The minimum atomic E-state index is -5.07. The highest BCUT2D eigenvalue weighted by Crippen LogP contribution is 2.39. The summed E-state index contributed by atoms with van der Waals surface area (Å²) in [7, 11) is 2.46. The number of rotatable bonds is 4. The van der Waals surface area contributed by atoms with Crippen molar-refractivity contribution in [2.24, 2.45) is 0 Å². The van der Waals surface area contributed by atoms with E-state index >= 15 is 0 Å². The van der Waals surface area contributed by atoms with Gasteiger partial charge in [-0.1, -0.05) is 31.4 Å². The second-order valence-corrected chi connectivity index (χ2v) is 10.6. The molecule has 1 heterocycles. The number of hydrogen-bond acceptors (Lipinski definition) is 2. The number of benzene rings is 2. The molecule has 4 rings (SSSR count). The smallest absolute Gasteiger partial charge is 0.335 e. The Hall–Kier alpha value is -3.51. The van der Waals surface area contributed by atoms with Crippen molar-refractivity contribution in [3.63, 3.8) is 0 Å². The summed E-state index contributed by atoms with van der Waals surface area (Å²) in [6.45, 7) is 0.241. The Morgan fingerprint density at radius 2 is 1.41 bits per heavy atom. The molecule has 2 aromatic rings. The number of hydrogen-bond donors (Lipinski definition) is 1. The van der Waals surface area contributed by atoms with Gasteiger partial charge in [0.15, 0.2) is 0 Å². The normalized spacial score (nSPS) is 20.2. The fourth-order valence-corrected chi connectivity index (χ4v) is 5.52. The molecular formula is C28H31F7N4O2. The van der Waals surface area contributed by atoms with Gasteiger partial charge in [-0.3, -0.25) is 4.90 Å². The third kappa shape index (κ3) is 7.05. The first kappa shape index (κ1) is 30.4. The van der Waals surface area contributed by atoms with Crippen molar-refractivity contribution in [1.82, 2.24) is 15.1 Å². The van der Waals surface area contributed by atoms with Crippen LogP contribution in [0.3, 0.4) is 0 Å². The number of amides is 4. The molecule has 0 spiro atoms. The van der Waals surface area contributed by atoms with Crippen LogP contribution in [0.25, 0.3) is 0 Å². The minimum absolute atomic E-state index is 0.00410. The van der Waals surface area contributed by atoms with Crippen LogP contribution in [0, 0.1) is 5.82 Å². The Labute approximate surface area is 233 Å². The van der Waals surface area contributed by atoms with Crippen LogP contribution in [0.2, 0.25) is 0 Å². The van der Waals surface area contributed by atoms with E-state index in [1.165, 1.54) is 41.1 Å². The highest BCUT2D eigenvalue weighted by Gasteiger charge is 2.42. The molecule has 1 aliphatic heterocycles. The summed E-state index contributed by atoms with van der Waals surface area (Å²) in [4.78, 5) is 30.1. The summed E-state index contributed by atoms with van der Waals surface area (Å²) in [6.07, 6.45) is -5.34. The first-order valence-electron chi connectivity index (χ1n) is 13.3. The minimum Gasteiger partial charge on any atom is -0.335 e. The van der Waals surface area contributed by atoms with Crippen LogP contribution in [0.4, 0.5) is 46.0 Å². The molecule has 1 N–H and O–H groups in total. The molecule has 0 aromatic heterocycles. The third-order valence-electron chi connectivity index (χ3n) is 7.85. The monoisotopic (exact) mass is 588 g/mol. The molecule has 2 fully saturated rings. The summed E-state index contributed by atoms with van der Waals surface area (Å²) in [5, 5.41) is 3.02. The number of likely N-dealkylation sites (N-methyl/N-ethyl adjacent to an activating group) is 1. The van der Waals surface area contributed by atoms with E-state index in [1.807, 2.05) is 0 Å². The van der Waals surface area contributed by atoms with Gasteiger partial charge < -0.3 is 15.1 Å². The van der Waals surface area contributed by atoms with Crippen LogP contribution in [-0.4, -0.2) is 61.1 Å². The van der Waals surface area contributed by atoms with Gasteiger partial charge in [-0.05, 0) is 48.7 Å². The molecule has 4 amide bonds. The van der Waals surface area contributed by atoms with Crippen LogP contribution in [0.5, 0.6) is 0 Å². The fourth-order valence-electron chi connectivity index (χ4n) is 5.52. The van der Waals surface area contributed by atoms with Crippen LogP contribution in [0.15, 0.2) is 42.5 Å². The molecule has 13 heteroatoms. The molecule has 0 bridgehead atoms. The van der Waals surface area contributed by atoms with Crippen molar-refractivity contribution in [2.45, 2.75) is 62.5 Å². The van der Waals surface area contributed by atoms with Crippen molar-refractivity contribution in [1.29, 1.82) is 0 Å². The Balaban J connectivity index is 1.60. The van der Waals surface area contributed by atoms with Gasteiger partial charge in [0.2, 0.25) is 0 Å². The van der Waals surface area contributed by atoms with Crippen LogP contribution >= 0.6 is 0 Å². The van der Waals surface area contributed by atoms with Gasteiger partial charge >= 0.3 is 24.4 Å². The van der Waals surface area contributed by atoms with Gasteiger partial charge in [0.05, 0.1) is 17.2 Å². The number of urea groups is 2. The molecule has 2 aromatic carbocycles. The number of anilines is 1. The number of carbonyl (C=O) groups excluding carboxylic acids is 2. The summed E-state index contributed by atoms with van der Waals surface area (Å²) in [5.41, 5.74) is -3.04. The number of likely N-dealkylation sites (tertiary alicyclic amines) is 1. The maximum Gasteiger partial charge on any atom is 0.416 e. The molecule has 2 atom stereocenters. The lowest BCUT2D eigenvalue weighted by Gasteiger charge is -2.33. The van der Waals surface area contributed by atoms with E-state index < -0.39 is 53.0 Å². The molecule has 0 unspecified atom stereocenters. The van der Waals surface area contributed by atoms with E-state index in [4.69, 9.17) is 0 Å². The van der Waals surface area contributed by atoms with Crippen molar-refractivity contribution in [2.75, 3.05) is 32.1 Å². The van der Waals surface area contributed by atoms with Crippen molar-refractivity contribution in [3.05, 3.63) is 65.0 Å². The number of nitrogens with one attached hydrogen (secondary N) is 1. The molecule has 1 saturated carbocycles. The molecular weight excluding hydrogens is 557 g/mol. The summed E-state index contributed by atoms with van der Waals surface area (Å²) < 4.78 is 94.1. The van der Waals surface area contributed by atoms with Crippen molar-refractivity contribution >= 4 is 17.7 Å². The SMILES string of the molecule is CN(C(=O)N(C)[C@@H]1CN(C(=O)NC2CCCCC2)C[C@H]1c1ccc(F)cc1)c1cc(C(F)(F)F)cc(C(F)(F)F)c1. The lowest BCUT2D eigenvalue weighted by Crippen LogP contribution is -2.49. The molecule has 224 valence electrons. The summed E-state index contributed by atoms with van der Waals surface area (Å²) in [5.74, 6) is -0.966. The lowest BCUT2D eigenvalue weighted by molar-refractivity contribution is -0.143. The highest BCUT2D eigenvalue weighted by atomic mass is 19.4. The number of nitrogens with zero attached hydrogens (tertiary/aromatic N) is 3. The van der Waals surface area contributed by atoms with Crippen LogP contribution < -0.4 is 10.2 Å². The van der Waals surface area contributed by atoms with E-state index in [9.17, 15) is 40.3 Å². The number of halogens is 7. The van der Waals surface area contributed by atoms with Crippen molar-refractivity contribution < 1.29 is 40.3 Å². The predicted molar refractivity (Wildman–Crippen MR) is 138 cm³/mol. The van der Waals surface area contributed by atoms with Gasteiger partial charge in [-0.2, -0.15) is 26.3 Å². The molecule has 1 saturated heterocycles. The van der Waals surface area contributed by atoms with Gasteiger partial charge in [-0.25, -0.2) is 14.0 Å². The van der Waals surface area contributed by atoms with Crippen LogP contribution in [0.1, 0.15) is 54.7 Å². The van der Waals surface area contributed by atoms with E-state index in [2.05, 4.69) is 5.32 Å². The Morgan fingerprint density at radius 1 is 0.854 bits per heavy atom. The number of alkyl halides is 6. The summed E-state index contributed by atoms with van der Waals surface area (Å²) >= 11 is 0.